The molecular formula is C18H21N3O3. The van der Waals surface area contributed by atoms with Crippen molar-refractivity contribution in [2.75, 3.05) is 6.54 Å². The minimum Gasteiger partial charge on any atom is -0.481 e. The Balaban J connectivity index is 1.50. The van der Waals surface area contributed by atoms with Crippen LogP contribution in [0.5, 0.6) is 0 Å². The molecule has 2 aromatic rings. The van der Waals surface area contributed by atoms with Crippen LogP contribution >= 0.6 is 0 Å². The summed E-state index contributed by atoms with van der Waals surface area (Å²) in [5.74, 6) is -2.16. The van der Waals surface area contributed by atoms with Crippen molar-refractivity contribution in [3.05, 3.63) is 42.6 Å². The third-order valence-corrected chi connectivity index (χ3v) is 4.48. The normalized spacial score (nSPS) is 20.2. The molecule has 126 valence electrons. The summed E-state index contributed by atoms with van der Waals surface area (Å²) < 4.78 is 1.92. The van der Waals surface area contributed by atoms with E-state index in [4.69, 9.17) is 0 Å². The number of carbonyl (C=O) groups is 2. The smallest absolute Gasteiger partial charge is 0.307 e. The Kier molecular flexibility index (Phi) is 4.93. The summed E-state index contributed by atoms with van der Waals surface area (Å²) in [6.07, 6.45) is 7.22. The molecule has 1 aliphatic carbocycles. The van der Waals surface area contributed by atoms with Crippen LogP contribution in [0.4, 0.5) is 0 Å². The molecule has 0 unspecified atom stereocenters. The number of amides is 1. The summed E-state index contributed by atoms with van der Waals surface area (Å²) in [6.45, 7) is 1.22. The Morgan fingerprint density at radius 1 is 1.21 bits per heavy atom. The van der Waals surface area contributed by atoms with Crippen LogP contribution in [-0.4, -0.2) is 33.3 Å². The number of carbonyl (C=O) groups excluding carboxylic acids is 1. The van der Waals surface area contributed by atoms with Gasteiger partial charge in [0.2, 0.25) is 5.91 Å². The molecule has 6 heteroatoms. The van der Waals surface area contributed by atoms with E-state index in [0.29, 0.717) is 25.9 Å². The molecule has 1 heterocycles. The first-order chi connectivity index (χ1) is 11.7. The second-order valence-corrected chi connectivity index (χ2v) is 6.07. The summed E-state index contributed by atoms with van der Waals surface area (Å²) in [7, 11) is 0. The molecule has 0 fully saturated rings. The number of aliphatic carboxylic acids is 1. The number of hydrogen-bond donors (Lipinski definition) is 2. The molecular weight excluding hydrogens is 306 g/mol. The summed E-state index contributed by atoms with van der Waals surface area (Å²) in [5.41, 5.74) is 1.08. The van der Waals surface area contributed by atoms with Crippen molar-refractivity contribution in [1.82, 2.24) is 15.1 Å². The lowest BCUT2D eigenvalue weighted by Gasteiger charge is -2.24. The van der Waals surface area contributed by atoms with E-state index < -0.39 is 17.8 Å². The van der Waals surface area contributed by atoms with Gasteiger partial charge < -0.3 is 10.4 Å². The number of nitrogens with zero attached hydrogens (tertiary/aromatic N) is 2. The SMILES string of the molecule is O=C(O)[C@H]1CC=CC[C@@H]1C(=O)NCCCn1ncc2ccccc21. The number of hydrogen-bond acceptors (Lipinski definition) is 3. The average molecular weight is 327 g/mol. The molecule has 0 spiro atoms. The summed E-state index contributed by atoms with van der Waals surface area (Å²) in [6, 6.07) is 7.99. The van der Waals surface area contributed by atoms with E-state index in [1.165, 1.54) is 0 Å². The summed E-state index contributed by atoms with van der Waals surface area (Å²) >= 11 is 0. The van der Waals surface area contributed by atoms with Gasteiger partial charge in [-0.3, -0.25) is 14.3 Å². The molecule has 1 amide bonds. The van der Waals surface area contributed by atoms with Crippen LogP contribution in [0.2, 0.25) is 0 Å². The van der Waals surface area contributed by atoms with E-state index in [0.717, 1.165) is 17.3 Å². The predicted octanol–water partition coefficient (Wildman–Crippen LogP) is 2.21. The topological polar surface area (TPSA) is 84.2 Å². The van der Waals surface area contributed by atoms with Crippen molar-refractivity contribution in [1.29, 1.82) is 0 Å². The molecule has 1 aliphatic rings. The molecule has 1 aromatic carbocycles. The third kappa shape index (κ3) is 3.48. The fourth-order valence-electron chi connectivity index (χ4n) is 3.15. The summed E-state index contributed by atoms with van der Waals surface area (Å²) in [4.78, 5) is 23.5. The maximum absolute atomic E-state index is 12.3. The fourth-order valence-corrected chi connectivity index (χ4v) is 3.15. The van der Waals surface area contributed by atoms with Gasteiger partial charge in [0, 0.05) is 18.5 Å². The molecule has 0 saturated carbocycles. The zero-order valence-corrected chi connectivity index (χ0v) is 13.4. The Bertz CT molecular complexity index is 766. The maximum atomic E-state index is 12.3. The molecule has 0 radical (unpaired) electrons. The van der Waals surface area contributed by atoms with E-state index in [2.05, 4.69) is 10.4 Å². The molecule has 6 nitrogen and oxygen atoms in total. The van der Waals surface area contributed by atoms with Gasteiger partial charge >= 0.3 is 5.97 Å². The fraction of sp³-hybridized carbons (Fsp3) is 0.389. The first-order valence-corrected chi connectivity index (χ1v) is 8.23. The molecule has 2 atom stereocenters. The Morgan fingerprint density at radius 2 is 1.96 bits per heavy atom. The van der Waals surface area contributed by atoms with E-state index in [1.54, 1.807) is 0 Å². The zero-order valence-electron chi connectivity index (χ0n) is 13.4. The van der Waals surface area contributed by atoms with Gasteiger partial charge in [0.1, 0.15) is 0 Å². The van der Waals surface area contributed by atoms with Gasteiger partial charge in [-0.2, -0.15) is 5.10 Å². The predicted molar refractivity (Wildman–Crippen MR) is 90.3 cm³/mol. The number of fused-ring (bicyclic) bond motifs is 1. The van der Waals surface area contributed by atoms with Crippen molar-refractivity contribution >= 4 is 22.8 Å². The molecule has 24 heavy (non-hydrogen) atoms. The van der Waals surface area contributed by atoms with Gasteiger partial charge in [-0.1, -0.05) is 30.4 Å². The Morgan fingerprint density at radius 3 is 2.75 bits per heavy atom. The first-order valence-electron chi connectivity index (χ1n) is 8.23. The molecule has 0 bridgehead atoms. The van der Waals surface area contributed by atoms with Gasteiger partial charge in [-0.15, -0.1) is 0 Å². The molecule has 3 rings (SSSR count). The van der Waals surface area contributed by atoms with Gasteiger partial charge in [-0.05, 0) is 25.3 Å². The lowest BCUT2D eigenvalue weighted by Crippen LogP contribution is -2.39. The van der Waals surface area contributed by atoms with Gasteiger partial charge in [-0.25, -0.2) is 0 Å². The standard InChI is InChI=1S/C18H21N3O3/c22-17(14-7-2-3-8-15(14)18(23)24)19-10-5-11-21-16-9-4-1-6-13(16)12-20-21/h1-4,6,9,12,14-15H,5,7-8,10-11H2,(H,19,22)(H,23,24)/t14-,15-/m0/s1. The van der Waals surface area contributed by atoms with E-state index in [9.17, 15) is 14.7 Å². The number of rotatable bonds is 6. The Hall–Kier alpha value is -2.63. The number of nitrogens with one attached hydrogen (secondary N) is 1. The highest BCUT2D eigenvalue weighted by molar-refractivity contribution is 5.85. The second-order valence-electron chi connectivity index (χ2n) is 6.07. The van der Waals surface area contributed by atoms with Crippen LogP contribution in [0, 0.1) is 11.8 Å². The lowest BCUT2D eigenvalue weighted by atomic mass is 9.82. The zero-order chi connectivity index (χ0) is 16.9. The van der Waals surface area contributed by atoms with Crippen LogP contribution < -0.4 is 5.32 Å². The number of aromatic nitrogens is 2. The number of allylic oxidation sites excluding steroid dienone is 2. The highest BCUT2D eigenvalue weighted by atomic mass is 16.4. The molecule has 1 aromatic heterocycles. The first kappa shape index (κ1) is 16.2. The molecule has 2 N–H and O–H groups in total. The molecule has 0 aliphatic heterocycles. The number of para-hydroxylation sites is 1. The van der Waals surface area contributed by atoms with Crippen LogP contribution in [0.3, 0.4) is 0 Å². The van der Waals surface area contributed by atoms with E-state index >= 15 is 0 Å². The van der Waals surface area contributed by atoms with Crippen LogP contribution in [-0.2, 0) is 16.1 Å². The maximum Gasteiger partial charge on any atom is 0.307 e. The van der Waals surface area contributed by atoms with Crippen molar-refractivity contribution in [3.63, 3.8) is 0 Å². The highest BCUT2D eigenvalue weighted by Gasteiger charge is 2.33. The quantitative estimate of drug-likeness (QED) is 0.629. The Labute approximate surface area is 140 Å². The number of carboxylic acids is 1. The lowest BCUT2D eigenvalue weighted by molar-refractivity contribution is -0.147. The number of carboxylic acid groups (broad SMARTS) is 1. The van der Waals surface area contributed by atoms with Crippen LogP contribution in [0.15, 0.2) is 42.6 Å². The number of aryl methyl sites for hydroxylation is 1. The third-order valence-electron chi connectivity index (χ3n) is 4.48. The average Bonchev–Trinajstić information content (AvgIpc) is 3.01. The number of benzene rings is 1. The van der Waals surface area contributed by atoms with Gasteiger partial charge in [0.05, 0.1) is 23.5 Å². The minimum atomic E-state index is -0.900. The largest absolute Gasteiger partial charge is 0.481 e. The van der Waals surface area contributed by atoms with Crippen LogP contribution in [0.25, 0.3) is 10.9 Å². The van der Waals surface area contributed by atoms with Crippen molar-refractivity contribution < 1.29 is 14.7 Å². The minimum absolute atomic E-state index is 0.169. The van der Waals surface area contributed by atoms with Crippen molar-refractivity contribution in [2.45, 2.75) is 25.8 Å². The van der Waals surface area contributed by atoms with Crippen molar-refractivity contribution in [2.24, 2.45) is 11.8 Å². The van der Waals surface area contributed by atoms with Crippen LogP contribution in [0.1, 0.15) is 19.3 Å². The van der Waals surface area contributed by atoms with Crippen molar-refractivity contribution in [3.8, 4) is 0 Å². The summed E-state index contributed by atoms with van der Waals surface area (Å²) in [5, 5.41) is 17.6. The monoisotopic (exact) mass is 327 g/mol. The van der Waals surface area contributed by atoms with E-state index in [-0.39, 0.29) is 5.91 Å². The molecule has 0 saturated heterocycles. The van der Waals surface area contributed by atoms with Gasteiger partial charge in [0.15, 0.2) is 0 Å². The highest BCUT2D eigenvalue weighted by Crippen LogP contribution is 2.26. The van der Waals surface area contributed by atoms with E-state index in [1.807, 2.05) is 47.3 Å². The second kappa shape index (κ2) is 7.29. The van der Waals surface area contributed by atoms with Gasteiger partial charge in [0.25, 0.3) is 0 Å².